The van der Waals surface area contributed by atoms with Crippen LogP contribution in [0.25, 0.3) is 0 Å². The predicted octanol–water partition coefficient (Wildman–Crippen LogP) is 4.33. The van der Waals surface area contributed by atoms with Crippen molar-refractivity contribution in [3.8, 4) is 0 Å². The molecular formula is C24H46N4O3S. The Hall–Kier alpha value is -1.25. The molecule has 0 aliphatic carbocycles. The van der Waals surface area contributed by atoms with E-state index in [1.165, 1.54) is 11.3 Å². The summed E-state index contributed by atoms with van der Waals surface area (Å²) in [6.45, 7) is 20.0. The molecule has 32 heavy (non-hydrogen) atoms. The van der Waals surface area contributed by atoms with Crippen LogP contribution in [0.4, 0.5) is 4.79 Å². The van der Waals surface area contributed by atoms with Crippen LogP contribution in [0, 0.1) is 12.3 Å². The number of nitrogens with zero attached hydrogens (tertiary/aromatic N) is 4. The first-order valence-corrected chi connectivity index (χ1v) is 14.7. The molecule has 7 nitrogen and oxygen atoms in total. The van der Waals surface area contributed by atoms with Gasteiger partial charge >= 0.3 is 6.09 Å². The molecule has 0 bridgehead atoms. The third-order valence-corrected chi connectivity index (χ3v) is 8.88. The number of hydrogen-bond donors (Lipinski definition) is 0. The van der Waals surface area contributed by atoms with Crippen molar-refractivity contribution in [3.63, 3.8) is 0 Å². The molecule has 0 atom stereocenters. The number of aryl methyl sites for hydroxylation is 1. The molecule has 2 fully saturated rings. The molecule has 2 saturated heterocycles. The Kier molecular flexibility index (Phi) is 9.10. The molecule has 186 valence electrons. The van der Waals surface area contributed by atoms with E-state index in [2.05, 4.69) is 42.6 Å². The van der Waals surface area contributed by atoms with Gasteiger partial charge in [0.25, 0.3) is 0 Å². The highest BCUT2D eigenvalue weighted by Crippen LogP contribution is 2.41. The summed E-state index contributed by atoms with van der Waals surface area (Å²) in [5, 5.41) is 4.62. The minimum absolute atomic E-state index is 0.187. The molecule has 1 aromatic rings. The number of carbonyl (C=O) groups is 1. The number of rotatable bonds is 8. The van der Waals surface area contributed by atoms with Gasteiger partial charge in [-0.25, -0.2) is 19.5 Å². The van der Waals surface area contributed by atoms with E-state index >= 15 is 0 Å². The zero-order valence-electron chi connectivity index (χ0n) is 21.9. The summed E-state index contributed by atoms with van der Waals surface area (Å²) in [4.78, 5) is 16.4. The molecule has 3 rings (SSSR count). The Bertz CT molecular complexity index is 743. The monoisotopic (exact) mass is 470 g/mol. The van der Waals surface area contributed by atoms with Gasteiger partial charge in [-0.2, -0.15) is 5.10 Å². The van der Waals surface area contributed by atoms with Gasteiger partial charge in [0, 0.05) is 55.7 Å². The van der Waals surface area contributed by atoms with Crippen LogP contribution in [-0.4, -0.2) is 88.1 Å². The number of likely N-dealkylation sites (tertiary alicyclic amines) is 2. The van der Waals surface area contributed by atoms with Crippen LogP contribution in [-0.2, 0) is 22.7 Å². The van der Waals surface area contributed by atoms with Crippen LogP contribution in [0.3, 0.4) is 0 Å². The van der Waals surface area contributed by atoms with Gasteiger partial charge < -0.3 is 14.4 Å². The highest BCUT2D eigenvalue weighted by molar-refractivity contribution is 8.32. The van der Waals surface area contributed by atoms with Crippen molar-refractivity contribution in [2.45, 2.75) is 67.3 Å². The van der Waals surface area contributed by atoms with E-state index in [1.54, 1.807) is 0 Å². The minimum atomic E-state index is -0.509. The zero-order valence-corrected chi connectivity index (χ0v) is 22.7. The second-order valence-corrected chi connectivity index (χ2v) is 15.1. The standard InChI is InChI=1S/C22H40N4O3S.C2H6/c1-8-30(6,7)10-9-28-17-26-12-19(18(2)23-26)11-24-13-22(14-24)15-25(16-22)20(27)29-21(3,4)5;1-2/h12H,8-11,13-17H2,1-7H3;1-2H3. The Morgan fingerprint density at radius 3 is 2.38 bits per heavy atom. The second-order valence-electron chi connectivity index (χ2n) is 10.6. The van der Waals surface area contributed by atoms with Gasteiger partial charge in [0.15, 0.2) is 0 Å². The van der Waals surface area contributed by atoms with Gasteiger partial charge in [-0.05, 0) is 46.0 Å². The lowest BCUT2D eigenvalue weighted by molar-refractivity contribution is -0.115. The molecule has 0 radical (unpaired) electrons. The van der Waals surface area contributed by atoms with Crippen LogP contribution >= 0.6 is 10.0 Å². The van der Waals surface area contributed by atoms with Crippen molar-refractivity contribution < 1.29 is 14.3 Å². The van der Waals surface area contributed by atoms with Crippen LogP contribution in [0.2, 0.25) is 0 Å². The minimum Gasteiger partial charge on any atom is -0.444 e. The summed E-state index contributed by atoms with van der Waals surface area (Å²) in [6, 6.07) is 0. The Morgan fingerprint density at radius 2 is 1.81 bits per heavy atom. The average Bonchev–Trinajstić information content (AvgIpc) is 2.99. The third-order valence-electron chi connectivity index (χ3n) is 6.05. The predicted molar refractivity (Wildman–Crippen MR) is 135 cm³/mol. The van der Waals surface area contributed by atoms with E-state index in [-0.39, 0.29) is 11.5 Å². The van der Waals surface area contributed by atoms with Crippen molar-refractivity contribution in [1.29, 1.82) is 0 Å². The summed E-state index contributed by atoms with van der Waals surface area (Å²) in [6.07, 6.45) is 6.65. The van der Waals surface area contributed by atoms with Gasteiger partial charge in [0.05, 0.1) is 12.3 Å². The van der Waals surface area contributed by atoms with Crippen LogP contribution in [0.15, 0.2) is 6.20 Å². The molecule has 2 aliphatic heterocycles. The van der Waals surface area contributed by atoms with Gasteiger partial charge in [-0.3, -0.25) is 4.90 Å². The Labute approximate surface area is 197 Å². The second kappa shape index (κ2) is 10.8. The Morgan fingerprint density at radius 1 is 1.19 bits per heavy atom. The first-order valence-electron chi connectivity index (χ1n) is 11.9. The number of carbonyl (C=O) groups excluding carboxylic acids is 1. The van der Waals surface area contributed by atoms with Crippen LogP contribution in [0.1, 0.15) is 52.8 Å². The average molecular weight is 471 g/mol. The fraction of sp³-hybridized carbons (Fsp3) is 0.833. The molecule has 3 heterocycles. The van der Waals surface area contributed by atoms with Gasteiger partial charge in [-0.1, -0.05) is 20.8 Å². The first kappa shape index (κ1) is 27.0. The Balaban J connectivity index is 0.00000176. The van der Waals surface area contributed by atoms with E-state index in [4.69, 9.17) is 9.47 Å². The summed E-state index contributed by atoms with van der Waals surface area (Å²) in [5.74, 6) is 2.39. The number of amides is 1. The maximum absolute atomic E-state index is 12.1. The highest BCUT2D eigenvalue weighted by atomic mass is 32.3. The first-order chi connectivity index (χ1) is 14.9. The van der Waals surface area contributed by atoms with E-state index in [9.17, 15) is 4.79 Å². The van der Waals surface area contributed by atoms with Gasteiger partial charge in [0.1, 0.15) is 12.3 Å². The number of aromatic nitrogens is 2. The lowest BCUT2D eigenvalue weighted by atomic mass is 9.73. The smallest absolute Gasteiger partial charge is 0.410 e. The normalized spacial score (nSPS) is 18.5. The maximum Gasteiger partial charge on any atom is 0.410 e. The van der Waals surface area contributed by atoms with Crippen molar-refractivity contribution in [2.24, 2.45) is 5.41 Å². The van der Waals surface area contributed by atoms with Gasteiger partial charge in [0.2, 0.25) is 0 Å². The van der Waals surface area contributed by atoms with E-state index in [0.29, 0.717) is 6.73 Å². The molecule has 1 aromatic heterocycles. The lowest BCUT2D eigenvalue weighted by Gasteiger charge is -2.60. The van der Waals surface area contributed by atoms with Gasteiger partial charge in [-0.15, -0.1) is 0 Å². The van der Waals surface area contributed by atoms with Crippen LogP contribution in [0.5, 0.6) is 0 Å². The topological polar surface area (TPSA) is 59.8 Å². The fourth-order valence-electron chi connectivity index (χ4n) is 4.04. The van der Waals surface area contributed by atoms with E-state index in [1.807, 2.05) is 44.2 Å². The van der Waals surface area contributed by atoms with E-state index in [0.717, 1.165) is 50.8 Å². The maximum atomic E-state index is 12.1. The third kappa shape index (κ3) is 7.39. The van der Waals surface area contributed by atoms with Crippen molar-refractivity contribution in [2.75, 3.05) is 56.8 Å². The molecule has 2 aliphatic rings. The molecule has 0 saturated carbocycles. The van der Waals surface area contributed by atoms with E-state index < -0.39 is 15.6 Å². The summed E-state index contributed by atoms with van der Waals surface area (Å²) in [5.41, 5.74) is 2.16. The molecular weight excluding hydrogens is 424 g/mol. The quantitative estimate of drug-likeness (QED) is 0.529. The number of ether oxygens (including phenoxy) is 2. The largest absolute Gasteiger partial charge is 0.444 e. The molecule has 1 amide bonds. The zero-order chi connectivity index (χ0) is 24.2. The number of hydrogen-bond acceptors (Lipinski definition) is 5. The SMILES string of the molecule is CC.CCS(C)(C)CCOCn1cc(CN2CC3(C2)CN(C(=O)OC(C)(C)C)C3)c(C)n1. The summed E-state index contributed by atoms with van der Waals surface area (Å²) >= 11 is 0. The molecule has 8 heteroatoms. The lowest BCUT2D eigenvalue weighted by Crippen LogP contribution is -2.72. The molecule has 0 N–H and O–H groups in total. The highest BCUT2D eigenvalue weighted by Gasteiger charge is 2.53. The fourth-order valence-corrected chi connectivity index (χ4v) is 4.90. The molecule has 0 unspecified atom stereocenters. The molecule has 1 spiro atoms. The summed E-state index contributed by atoms with van der Waals surface area (Å²) in [7, 11) is -0.509. The van der Waals surface area contributed by atoms with Crippen molar-refractivity contribution in [1.82, 2.24) is 19.6 Å². The summed E-state index contributed by atoms with van der Waals surface area (Å²) < 4.78 is 13.2. The van der Waals surface area contributed by atoms with Crippen LogP contribution < -0.4 is 0 Å². The van der Waals surface area contributed by atoms with Crippen molar-refractivity contribution >= 4 is 16.1 Å². The van der Waals surface area contributed by atoms with Crippen molar-refractivity contribution in [3.05, 3.63) is 17.5 Å². The molecule has 0 aromatic carbocycles.